The minimum absolute atomic E-state index is 0.0185. The molecule has 0 aliphatic rings. The third kappa shape index (κ3) is 1.32. The molecule has 0 aliphatic heterocycles. The Kier molecular flexibility index (Phi) is 2.11. The molecular weight excluding hydrogens is 142 g/mol. The van der Waals surface area contributed by atoms with Crippen LogP contribution in [0.3, 0.4) is 0 Å². The highest BCUT2D eigenvalue weighted by atomic mass is 16.5. The van der Waals surface area contributed by atoms with E-state index in [-0.39, 0.29) is 5.75 Å². The molecule has 0 atom stereocenters. The Bertz CT molecular complexity index is 271. The van der Waals surface area contributed by atoms with Crippen LogP contribution in [0.15, 0.2) is 18.2 Å². The third-order valence-corrected chi connectivity index (χ3v) is 1.41. The number of phenols is 1. The average molecular weight is 151 g/mol. The maximum Gasteiger partial charge on any atom is 0.166 e. The molecule has 0 radical (unpaired) electrons. The highest BCUT2D eigenvalue weighted by Crippen LogP contribution is 2.27. The van der Waals surface area contributed by atoms with Crippen molar-refractivity contribution in [1.82, 2.24) is 0 Å². The van der Waals surface area contributed by atoms with Gasteiger partial charge in [-0.1, -0.05) is 6.07 Å². The molecule has 0 aromatic heterocycles. The average Bonchev–Trinajstić information content (AvgIpc) is 2.05. The summed E-state index contributed by atoms with van der Waals surface area (Å²) in [6.07, 6.45) is 1.08. The maximum atomic E-state index is 9.31. The summed E-state index contributed by atoms with van der Waals surface area (Å²) in [6, 6.07) is 5.01. The van der Waals surface area contributed by atoms with Gasteiger partial charge in [0.15, 0.2) is 11.5 Å². The van der Waals surface area contributed by atoms with Crippen LogP contribution in [0.25, 0.3) is 0 Å². The van der Waals surface area contributed by atoms with E-state index in [9.17, 15) is 5.11 Å². The van der Waals surface area contributed by atoms with Crippen LogP contribution in [0.4, 0.5) is 0 Å². The molecule has 0 amide bonds. The molecule has 3 nitrogen and oxygen atoms in total. The van der Waals surface area contributed by atoms with Crippen LogP contribution >= 0.6 is 0 Å². The van der Waals surface area contributed by atoms with Crippen LogP contribution in [0.5, 0.6) is 11.5 Å². The molecule has 0 aliphatic carbocycles. The predicted molar refractivity (Wildman–Crippen MR) is 42.5 cm³/mol. The van der Waals surface area contributed by atoms with Crippen molar-refractivity contribution in [3.05, 3.63) is 23.8 Å². The highest BCUT2D eigenvalue weighted by Gasteiger charge is 2.03. The Hall–Kier alpha value is -1.51. The summed E-state index contributed by atoms with van der Waals surface area (Å²) in [7, 11) is 1.47. The Morgan fingerprint density at radius 3 is 2.82 bits per heavy atom. The van der Waals surface area contributed by atoms with Crippen molar-refractivity contribution in [2.24, 2.45) is 0 Å². The first-order chi connectivity index (χ1) is 5.29. The zero-order chi connectivity index (χ0) is 8.27. The highest BCUT2D eigenvalue weighted by molar-refractivity contribution is 5.82. The molecule has 0 fully saturated rings. The van der Waals surface area contributed by atoms with Gasteiger partial charge >= 0.3 is 0 Å². The molecule has 0 bridgehead atoms. The Balaban J connectivity index is 3.20. The van der Waals surface area contributed by atoms with Crippen LogP contribution in [0, 0.1) is 5.41 Å². The quantitative estimate of drug-likeness (QED) is 0.627. The van der Waals surface area contributed by atoms with Crippen molar-refractivity contribution >= 4 is 6.21 Å². The normalized spacial score (nSPS) is 9.18. The lowest BCUT2D eigenvalue weighted by Gasteiger charge is -2.03. The van der Waals surface area contributed by atoms with Gasteiger partial charge < -0.3 is 15.3 Å². The van der Waals surface area contributed by atoms with Crippen molar-refractivity contribution in [3.63, 3.8) is 0 Å². The number of benzene rings is 1. The molecule has 3 heteroatoms. The molecule has 11 heavy (non-hydrogen) atoms. The number of rotatable bonds is 2. The molecule has 1 aromatic carbocycles. The monoisotopic (exact) mass is 151 g/mol. The van der Waals surface area contributed by atoms with Gasteiger partial charge in [0.1, 0.15) is 0 Å². The van der Waals surface area contributed by atoms with E-state index in [1.165, 1.54) is 7.11 Å². The molecule has 58 valence electrons. The largest absolute Gasteiger partial charge is 0.504 e. The fraction of sp³-hybridized carbons (Fsp3) is 0.125. The first-order valence-corrected chi connectivity index (χ1v) is 3.16. The summed E-state index contributed by atoms with van der Waals surface area (Å²) in [5.41, 5.74) is 0.462. The van der Waals surface area contributed by atoms with Crippen molar-refractivity contribution in [3.8, 4) is 11.5 Å². The number of para-hydroxylation sites is 1. The third-order valence-electron chi connectivity index (χ3n) is 1.41. The zero-order valence-electron chi connectivity index (χ0n) is 6.16. The number of methoxy groups -OCH3 is 1. The number of hydrogen-bond acceptors (Lipinski definition) is 3. The molecule has 0 unspecified atom stereocenters. The van der Waals surface area contributed by atoms with Gasteiger partial charge in [-0.2, -0.15) is 0 Å². The van der Waals surface area contributed by atoms with Gasteiger partial charge in [0, 0.05) is 11.8 Å². The topological polar surface area (TPSA) is 53.3 Å². The van der Waals surface area contributed by atoms with E-state index in [0.717, 1.165) is 6.21 Å². The fourth-order valence-electron chi connectivity index (χ4n) is 0.820. The minimum Gasteiger partial charge on any atom is -0.504 e. The lowest BCUT2D eigenvalue weighted by molar-refractivity contribution is 0.373. The van der Waals surface area contributed by atoms with Gasteiger partial charge in [-0.3, -0.25) is 0 Å². The van der Waals surface area contributed by atoms with Gasteiger partial charge in [-0.05, 0) is 12.1 Å². The van der Waals surface area contributed by atoms with E-state index in [1.54, 1.807) is 18.2 Å². The van der Waals surface area contributed by atoms with Gasteiger partial charge in [0.25, 0.3) is 0 Å². The van der Waals surface area contributed by atoms with Gasteiger partial charge in [0.05, 0.1) is 7.11 Å². The van der Waals surface area contributed by atoms with Crippen molar-refractivity contribution < 1.29 is 9.84 Å². The zero-order valence-corrected chi connectivity index (χ0v) is 6.16. The first kappa shape index (κ1) is 7.60. The van der Waals surface area contributed by atoms with E-state index in [0.29, 0.717) is 11.3 Å². The van der Waals surface area contributed by atoms with Gasteiger partial charge in [-0.25, -0.2) is 0 Å². The summed E-state index contributed by atoms with van der Waals surface area (Å²) in [5, 5.41) is 16.2. The summed E-state index contributed by atoms with van der Waals surface area (Å²) >= 11 is 0. The second kappa shape index (κ2) is 3.05. The van der Waals surface area contributed by atoms with Crippen LogP contribution in [0.1, 0.15) is 5.56 Å². The Morgan fingerprint density at radius 2 is 2.27 bits per heavy atom. The number of aromatic hydroxyl groups is 1. The molecular formula is C8H9NO2. The van der Waals surface area contributed by atoms with E-state index < -0.39 is 0 Å². The number of hydrogen-bond donors (Lipinski definition) is 2. The fourth-order valence-corrected chi connectivity index (χ4v) is 0.820. The molecule has 1 aromatic rings. The second-order valence-corrected chi connectivity index (χ2v) is 2.04. The number of phenolic OH excluding ortho intramolecular Hbond substituents is 1. The smallest absolute Gasteiger partial charge is 0.166 e. The lowest BCUT2D eigenvalue weighted by Crippen LogP contribution is -1.87. The SMILES string of the molecule is COc1cccc(C=N)c1O. The summed E-state index contributed by atoms with van der Waals surface area (Å²) in [4.78, 5) is 0. The van der Waals surface area contributed by atoms with Crippen LogP contribution < -0.4 is 4.74 Å². The molecule has 0 saturated heterocycles. The lowest BCUT2D eigenvalue weighted by atomic mass is 10.2. The van der Waals surface area contributed by atoms with E-state index in [1.807, 2.05) is 0 Å². The summed E-state index contributed by atoms with van der Waals surface area (Å²) in [5.74, 6) is 0.413. The van der Waals surface area contributed by atoms with Gasteiger partial charge in [0.2, 0.25) is 0 Å². The molecule has 2 N–H and O–H groups in total. The second-order valence-electron chi connectivity index (χ2n) is 2.04. The first-order valence-electron chi connectivity index (χ1n) is 3.16. The van der Waals surface area contributed by atoms with Crippen molar-refractivity contribution in [1.29, 1.82) is 5.41 Å². The minimum atomic E-state index is 0.0185. The Morgan fingerprint density at radius 1 is 1.55 bits per heavy atom. The summed E-state index contributed by atoms with van der Waals surface area (Å²) < 4.78 is 4.83. The molecule has 0 spiro atoms. The molecule has 0 heterocycles. The van der Waals surface area contributed by atoms with Crippen molar-refractivity contribution in [2.45, 2.75) is 0 Å². The van der Waals surface area contributed by atoms with Crippen LogP contribution in [-0.2, 0) is 0 Å². The summed E-state index contributed by atoms with van der Waals surface area (Å²) in [6.45, 7) is 0. The van der Waals surface area contributed by atoms with Crippen molar-refractivity contribution in [2.75, 3.05) is 7.11 Å². The molecule has 1 rings (SSSR count). The van der Waals surface area contributed by atoms with Crippen LogP contribution in [-0.4, -0.2) is 18.4 Å². The van der Waals surface area contributed by atoms with E-state index in [4.69, 9.17) is 10.1 Å². The standard InChI is InChI=1S/C8H9NO2/c1-11-7-4-2-3-6(5-9)8(7)10/h2-5,9-10H,1H3. The number of ether oxygens (including phenoxy) is 1. The van der Waals surface area contributed by atoms with Gasteiger partial charge in [-0.15, -0.1) is 0 Å². The van der Waals surface area contributed by atoms with E-state index in [2.05, 4.69) is 0 Å². The predicted octanol–water partition coefficient (Wildman–Crippen LogP) is 1.40. The van der Waals surface area contributed by atoms with E-state index >= 15 is 0 Å². The molecule has 0 saturated carbocycles. The number of nitrogens with one attached hydrogen (secondary N) is 1. The van der Waals surface area contributed by atoms with Crippen LogP contribution in [0.2, 0.25) is 0 Å². The Labute approximate surface area is 64.8 Å². The maximum absolute atomic E-state index is 9.31.